The van der Waals surface area contributed by atoms with Crippen molar-refractivity contribution >= 4 is 0 Å². The third-order valence-corrected chi connectivity index (χ3v) is 4.44. The molecule has 0 fully saturated rings. The van der Waals surface area contributed by atoms with E-state index in [1.807, 2.05) is 0 Å². The van der Waals surface area contributed by atoms with Crippen molar-refractivity contribution in [1.29, 1.82) is 0 Å². The lowest BCUT2D eigenvalue weighted by atomic mass is 10.0. The summed E-state index contributed by atoms with van der Waals surface area (Å²) in [4.78, 5) is 0. The Hall–Kier alpha value is 0.880. The van der Waals surface area contributed by atoms with Crippen LogP contribution >= 0.6 is 0 Å². The summed E-state index contributed by atoms with van der Waals surface area (Å²) in [6, 6.07) is 0.698. The Morgan fingerprint density at radius 2 is 0.909 bits per heavy atom. The minimum absolute atomic E-state index is 0. The SMILES string of the molecule is CCC([NH3+])CCCCCCCCCCCCCCC[NH3+].[Br-].[Br-]. The predicted octanol–water partition coefficient (Wildman–Crippen LogP) is -2.28. The monoisotopic (exact) mass is 444 g/mol. The molecule has 4 heteroatoms. The topological polar surface area (TPSA) is 55.3 Å². The minimum Gasteiger partial charge on any atom is -1.00 e. The second-order valence-corrected chi connectivity index (χ2v) is 6.51. The van der Waals surface area contributed by atoms with Crippen molar-refractivity contribution in [1.82, 2.24) is 0 Å². The maximum atomic E-state index is 4.15. The molecular weight excluding hydrogens is 404 g/mol. The van der Waals surface area contributed by atoms with Gasteiger partial charge >= 0.3 is 0 Å². The van der Waals surface area contributed by atoms with Crippen LogP contribution in [0, 0.1) is 0 Å². The number of halogens is 2. The highest BCUT2D eigenvalue weighted by Gasteiger charge is 2.01. The summed E-state index contributed by atoms with van der Waals surface area (Å²) >= 11 is 0. The van der Waals surface area contributed by atoms with E-state index in [0.717, 1.165) is 6.54 Å². The van der Waals surface area contributed by atoms with Gasteiger partial charge in [-0.1, -0.05) is 71.1 Å². The van der Waals surface area contributed by atoms with E-state index in [1.54, 1.807) is 0 Å². The highest BCUT2D eigenvalue weighted by atomic mass is 79.9. The molecule has 0 aromatic rings. The van der Waals surface area contributed by atoms with E-state index in [-0.39, 0.29) is 34.0 Å². The first-order valence-corrected chi connectivity index (χ1v) is 9.43. The summed E-state index contributed by atoms with van der Waals surface area (Å²) in [6.45, 7) is 3.37. The molecule has 0 radical (unpaired) electrons. The molecule has 2 nitrogen and oxygen atoms in total. The first kappa shape index (κ1) is 27.7. The van der Waals surface area contributed by atoms with Crippen LogP contribution in [0.5, 0.6) is 0 Å². The zero-order valence-electron chi connectivity index (χ0n) is 15.1. The van der Waals surface area contributed by atoms with E-state index in [0.29, 0.717) is 6.04 Å². The number of hydrogen-bond donors (Lipinski definition) is 2. The summed E-state index contributed by atoms with van der Waals surface area (Å²) in [5.74, 6) is 0. The van der Waals surface area contributed by atoms with Gasteiger partial charge in [-0.25, -0.2) is 0 Å². The van der Waals surface area contributed by atoms with E-state index < -0.39 is 0 Å². The van der Waals surface area contributed by atoms with Gasteiger partial charge in [0.2, 0.25) is 0 Å². The van der Waals surface area contributed by atoms with E-state index in [1.165, 1.54) is 96.3 Å². The van der Waals surface area contributed by atoms with Crippen molar-refractivity contribution in [3.63, 3.8) is 0 Å². The summed E-state index contributed by atoms with van der Waals surface area (Å²) in [7, 11) is 0. The van der Waals surface area contributed by atoms with E-state index >= 15 is 0 Å². The molecule has 0 aliphatic rings. The quantitative estimate of drug-likeness (QED) is 0.251. The van der Waals surface area contributed by atoms with Crippen LogP contribution in [0.25, 0.3) is 0 Å². The number of hydrogen-bond acceptors (Lipinski definition) is 0. The zero-order valence-corrected chi connectivity index (χ0v) is 18.2. The van der Waals surface area contributed by atoms with Gasteiger partial charge < -0.3 is 45.4 Å². The molecule has 22 heavy (non-hydrogen) atoms. The maximum absolute atomic E-state index is 4.15. The van der Waals surface area contributed by atoms with Crippen molar-refractivity contribution in [3.8, 4) is 0 Å². The van der Waals surface area contributed by atoms with Gasteiger partial charge in [-0.2, -0.15) is 0 Å². The molecule has 1 unspecified atom stereocenters. The molecule has 0 aliphatic heterocycles. The molecule has 0 spiro atoms. The molecule has 138 valence electrons. The molecule has 0 saturated carbocycles. The molecule has 0 heterocycles. The van der Waals surface area contributed by atoms with Gasteiger partial charge in [0.25, 0.3) is 0 Å². The van der Waals surface area contributed by atoms with Gasteiger partial charge in [0.1, 0.15) is 0 Å². The summed E-state index contributed by atoms with van der Waals surface area (Å²) in [6.07, 6.45) is 21.2. The van der Waals surface area contributed by atoms with Crippen molar-refractivity contribution in [3.05, 3.63) is 0 Å². The van der Waals surface area contributed by atoms with Gasteiger partial charge in [-0.3, -0.25) is 0 Å². The summed E-state index contributed by atoms with van der Waals surface area (Å²) in [5, 5.41) is 0. The summed E-state index contributed by atoms with van der Waals surface area (Å²) < 4.78 is 0. The maximum Gasteiger partial charge on any atom is 0.0840 e. The van der Waals surface area contributed by atoms with Crippen LogP contribution < -0.4 is 45.4 Å². The fourth-order valence-corrected chi connectivity index (χ4v) is 2.76. The second kappa shape index (κ2) is 24.1. The van der Waals surface area contributed by atoms with Gasteiger partial charge in [0, 0.05) is 0 Å². The standard InChI is InChI=1S/C18H40N2.2BrH/c1-2-18(20)16-14-12-10-8-6-4-3-5-7-9-11-13-15-17-19;;/h18H,2-17,19-20H2,1H3;2*1H. The molecule has 0 aliphatic carbocycles. The normalized spacial score (nSPS) is 11.6. The first-order chi connectivity index (χ1) is 9.81. The van der Waals surface area contributed by atoms with E-state index in [4.69, 9.17) is 0 Å². The fourth-order valence-electron chi connectivity index (χ4n) is 2.76. The molecule has 0 rings (SSSR count). The van der Waals surface area contributed by atoms with Gasteiger partial charge in [0.15, 0.2) is 0 Å². The lowest BCUT2D eigenvalue weighted by Crippen LogP contribution is -3.00. The van der Waals surface area contributed by atoms with E-state index in [2.05, 4.69) is 18.4 Å². The van der Waals surface area contributed by atoms with Crippen LogP contribution in [0.3, 0.4) is 0 Å². The molecule has 6 N–H and O–H groups in total. The first-order valence-electron chi connectivity index (χ1n) is 9.43. The van der Waals surface area contributed by atoms with Crippen LogP contribution in [0.2, 0.25) is 0 Å². The lowest BCUT2D eigenvalue weighted by molar-refractivity contribution is -0.421. The largest absolute Gasteiger partial charge is 1.00 e. The Bertz CT molecular complexity index is 180. The van der Waals surface area contributed by atoms with Crippen LogP contribution in [-0.2, 0) is 0 Å². The van der Waals surface area contributed by atoms with Crippen molar-refractivity contribution in [2.45, 2.75) is 109 Å². The molecule has 0 amide bonds. The molecule has 0 aromatic carbocycles. The molecular formula is C18H42Br2N2. The Morgan fingerprint density at radius 1 is 0.591 bits per heavy atom. The zero-order chi connectivity index (χ0) is 14.9. The van der Waals surface area contributed by atoms with Gasteiger partial charge in [0.05, 0.1) is 12.6 Å². The number of quaternary nitrogens is 2. The summed E-state index contributed by atoms with van der Waals surface area (Å²) in [5.41, 5.74) is 8.04. The van der Waals surface area contributed by atoms with Gasteiger partial charge in [-0.05, 0) is 32.1 Å². The highest BCUT2D eigenvalue weighted by molar-refractivity contribution is 4.52. The predicted molar refractivity (Wildman–Crippen MR) is 89.4 cm³/mol. The fraction of sp³-hybridized carbons (Fsp3) is 1.00. The van der Waals surface area contributed by atoms with Crippen LogP contribution in [0.4, 0.5) is 0 Å². The van der Waals surface area contributed by atoms with Crippen LogP contribution in [0.1, 0.15) is 103 Å². The Morgan fingerprint density at radius 3 is 1.23 bits per heavy atom. The Balaban J connectivity index is -0.00000180. The lowest BCUT2D eigenvalue weighted by Gasteiger charge is -2.05. The van der Waals surface area contributed by atoms with Crippen molar-refractivity contribution in [2.24, 2.45) is 0 Å². The third-order valence-electron chi connectivity index (χ3n) is 4.44. The Labute approximate surface area is 161 Å². The smallest absolute Gasteiger partial charge is 0.0840 e. The molecule has 1 atom stereocenters. The average molecular weight is 446 g/mol. The molecule has 0 aromatic heterocycles. The van der Waals surface area contributed by atoms with Crippen LogP contribution in [-0.4, -0.2) is 12.6 Å². The Kier molecular flexibility index (Phi) is 30.4. The van der Waals surface area contributed by atoms with E-state index in [9.17, 15) is 0 Å². The number of unbranched alkanes of at least 4 members (excludes halogenated alkanes) is 12. The minimum atomic E-state index is 0. The van der Waals surface area contributed by atoms with Gasteiger partial charge in [-0.15, -0.1) is 0 Å². The van der Waals surface area contributed by atoms with Crippen molar-refractivity contribution < 1.29 is 45.4 Å². The molecule has 0 saturated heterocycles. The second-order valence-electron chi connectivity index (χ2n) is 6.51. The highest BCUT2D eigenvalue weighted by Crippen LogP contribution is 2.13. The average Bonchev–Trinajstić information content (AvgIpc) is 2.47. The third kappa shape index (κ3) is 23.2. The molecule has 0 bridgehead atoms. The van der Waals surface area contributed by atoms with Crippen molar-refractivity contribution in [2.75, 3.05) is 6.54 Å². The number of rotatable bonds is 16. The van der Waals surface area contributed by atoms with Crippen LogP contribution in [0.15, 0.2) is 0 Å².